The quantitative estimate of drug-likeness (QED) is 0.786. The fourth-order valence-corrected chi connectivity index (χ4v) is 2.53. The lowest BCUT2D eigenvalue weighted by atomic mass is 10.2. The van der Waals surface area contributed by atoms with Gasteiger partial charge in [-0.1, -0.05) is 0 Å². The van der Waals surface area contributed by atoms with Crippen molar-refractivity contribution >= 4 is 22.6 Å². The SMILES string of the molecule is COc1ccc2c(ccn2CCC(=O)Nc2cc(C)ccn2)c1. The summed E-state index contributed by atoms with van der Waals surface area (Å²) >= 11 is 0. The van der Waals surface area contributed by atoms with Crippen molar-refractivity contribution in [1.29, 1.82) is 0 Å². The molecule has 0 aliphatic carbocycles. The van der Waals surface area contributed by atoms with Crippen molar-refractivity contribution < 1.29 is 9.53 Å². The summed E-state index contributed by atoms with van der Waals surface area (Å²) in [5.41, 5.74) is 2.16. The van der Waals surface area contributed by atoms with E-state index in [-0.39, 0.29) is 5.91 Å². The molecule has 23 heavy (non-hydrogen) atoms. The maximum Gasteiger partial charge on any atom is 0.227 e. The summed E-state index contributed by atoms with van der Waals surface area (Å²) in [6, 6.07) is 11.7. The van der Waals surface area contributed by atoms with E-state index in [1.54, 1.807) is 13.3 Å². The number of aromatic nitrogens is 2. The van der Waals surface area contributed by atoms with E-state index in [0.717, 1.165) is 22.2 Å². The van der Waals surface area contributed by atoms with Crippen LogP contribution in [0.4, 0.5) is 5.82 Å². The average molecular weight is 309 g/mol. The smallest absolute Gasteiger partial charge is 0.227 e. The fraction of sp³-hybridized carbons (Fsp3) is 0.222. The number of pyridine rings is 1. The van der Waals surface area contributed by atoms with Crippen LogP contribution in [0.5, 0.6) is 5.75 Å². The number of rotatable bonds is 5. The van der Waals surface area contributed by atoms with E-state index >= 15 is 0 Å². The fourth-order valence-electron chi connectivity index (χ4n) is 2.53. The molecule has 0 bridgehead atoms. The van der Waals surface area contributed by atoms with Gasteiger partial charge in [-0.2, -0.15) is 0 Å². The summed E-state index contributed by atoms with van der Waals surface area (Å²) in [4.78, 5) is 16.2. The first kappa shape index (κ1) is 15.1. The zero-order valence-electron chi connectivity index (χ0n) is 13.2. The molecule has 2 aromatic heterocycles. The zero-order valence-corrected chi connectivity index (χ0v) is 13.2. The van der Waals surface area contributed by atoms with E-state index in [4.69, 9.17) is 4.74 Å². The number of methoxy groups -OCH3 is 1. The van der Waals surface area contributed by atoms with Crippen molar-refractivity contribution in [3.63, 3.8) is 0 Å². The molecule has 2 heterocycles. The van der Waals surface area contributed by atoms with Gasteiger partial charge in [0, 0.05) is 36.3 Å². The highest BCUT2D eigenvalue weighted by molar-refractivity contribution is 5.90. The number of carbonyl (C=O) groups excluding carboxylic acids is 1. The first-order valence-corrected chi connectivity index (χ1v) is 7.51. The standard InChI is InChI=1S/C18H19N3O2/c1-13-5-8-19-17(11-13)20-18(22)7-10-21-9-6-14-12-15(23-2)3-4-16(14)21/h3-6,8-9,11-12H,7,10H2,1-2H3,(H,19,20,22). The number of ether oxygens (including phenoxy) is 1. The summed E-state index contributed by atoms with van der Waals surface area (Å²) in [7, 11) is 1.65. The van der Waals surface area contributed by atoms with Crippen LogP contribution in [0.15, 0.2) is 48.8 Å². The van der Waals surface area contributed by atoms with E-state index < -0.39 is 0 Å². The monoisotopic (exact) mass is 309 g/mol. The van der Waals surface area contributed by atoms with Gasteiger partial charge in [-0.25, -0.2) is 4.98 Å². The van der Waals surface area contributed by atoms with Gasteiger partial charge in [-0.15, -0.1) is 0 Å². The molecule has 3 aromatic rings. The van der Waals surface area contributed by atoms with Crippen LogP contribution in [0.25, 0.3) is 10.9 Å². The maximum absolute atomic E-state index is 12.1. The highest BCUT2D eigenvalue weighted by Gasteiger charge is 2.07. The summed E-state index contributed by atoms with van der Waals surface area (Å²) in [5.74, 6) is 1.38. The third-order valence-electron chi connectivity index (χ3n) is 3.74. The number of benzene rings is 1. The Balaban J connectivity index is 1.65. The second-order valence-electron chi connectivity index (χ2n) is 5.45. The zero-order chi connectivity index (χ0) is 16.2. The Labute approximate surface area is 134 Å². The summed E-state index contributed by atoms with van der Waals surface area (Å²) in [5, 5.41) is 3.93. The van der Waals surface area contributed by atoms with Gasteiger partial charge in [-0.05, 0) is 48.9 Å². The lowest BCUT2D eigenvalue weighted by Crippen LogP contribution is -2.15. The molecular weight excluding hydrogens is 290 g/mol. The van der Waals surface area contributed by atoms with E-state index in [1.165, 1.54) is 0 Å². The minimum atomic E-state index is -0.0431. The topological polar surface area (TPSA) is 56.1 Å². The normalized spacial score (nSPS) is 10.7. The minimum absolute atomic E-state index is 0.0431. The summed E-state index contributed by atoms with van der Waals surface area (Å²) in [6.07, 6.45) is 4.07. The number of aryl methyl sites for hydroxylation is 2. The number of fused-ring (bicyclic) bond motifs is 1. The van der Waals surface area contributed by atoms with Gasteiger partial charge in [0.1, 0.15) is 11.6 Å². The Kier molecular flexibility index (Phi) is 4.28. The first-order chi connectivity index (χ1) is 11.2. The first-order valence-electron chi connectivity index (χ1n) is 7.51. The van der Waals surface area contributed by atoms with Crippen LogP contribution in [0, 0.1) is 6.92 Å². The molecular formula is C18H19N3O2. The molecule has 0 aliphatic heterocycles. The molecule has 0 radical (unpaired) electrons. The summed E-state index contributed by atoms with van der Waals surface area (Å²) in [6.45, 7) is 2.59. The van der Waals surface area contributed by atoms with Gasteiger partial charge in [-0.3, -0.25) is 4.79 Å². The average Bonchev–Trinajstić information content (AvgIpc) is 2.95. The lowest BCUT2D eigenvalue weighted by molar-refractivity contribution is -0.116. The predicted octanol–water partition coefficient (Wildman–Crippen LogP) is 3.38. The van der Waals surface area contributed by atoms with Gasteiger partial charge in [0.2, 0.25) is 5.91 Å². The largest absolute Gasteiger partial charge is 0.497 e. The predicted molar refractivity (Wildman–Crippen MR) is 90.7 cm³/mol. The highest BCUT2D eigenvalue weighted by atomic mass is 16.5. The number of nitrogens with one attached hydrogen (secondary N) is 1. The number of amides is 1. The molecule has 118 valence electrons. The second kappa shape index (κ2) is 6.52. The van der Waals surface area contributed by atoms with E-state index in [1.807, 2.05) is 49.5 Å². The molecule has 0 atom stereocenters. The lowest BCUT2D eigenvalue weighted by Gasteiger charge is -2.07. The molecule has 0 fully saturated rings. The van der Waals surface area contributed by atoms with Crippen molar-refractivity contribution in [3.8, 4) is 5.75 Å². The third kappa shape index (κ3) is 3.51. The molecule has 1 amide bonds. The third-order valence-corrected chi connectivity index (χ3v) is 3.74. The minimum Gasteiger partial charge on any atom is -0.497 e. The van der Waals surface area contributed by atoms with Crippen LogP contribution in [0.3, 0.4) is 0 Å². The molecule has 5 nitrogen and oxygen atoms in total. The molecule has 0 spiro atoms. The van der Waals surface area contributed by atoms with E-state index in [9.17, 15) is 4.79 Å². The van der Waals surface area contributed by atoms with Gasteiger partial charge >= 0.3 is 0 Å². The van der Waals surface area contributed by atoms with Crippen LogP contribution in [0.2, 0.25) is 0 Å². The summed E-state index contributed by atoms with van der Waals surface area (Å²) < 4.78 is 7.29. The number of hydrogen-bond donors (Lipinski definition) is 1. The Hall–Kier alpha value is -2.82. The Morgan fingerprint density at radius 2 is 2.13 bits per heavy atom. The molecule has 3 rings (SSSR count). The molecule has 0 unspecified atom stereocenters. The Bertz CT molecular complexity index is 839. The van der Waals surface area contributed by atoms with Crippen LogP contribution in [0.1, 0.15) is 12.0 Å². The van der Waals surface area contributed by atoms with Crippen LogP contribution in [-0.4, -0.2) is 22.6 Å². The maximum atomic E-state index is 12.1. The number of anilines is 1. The number of nitrogens with zero attached hydrogens (tertiary/aromatic N) is 2. The number of hydrogen-bond acceptors (Lipinski definition) is 3. The molecule has 1 N–H and O–H groups in total. The van der Waals surface area contributed by atoms with Crippen LogP contribution in [-0.2, 0) is 11.3 Å². The van der Waals surface area contributed by atoms with Crippen molar-refractivity contribution in [2.45, 2.75) is 19.9 Å². The van der Waals surface area contributed by atoms with Crippen molar-refractivity contribution in [1.82, 2.24) is 9.55 Å². The Morgan fingerprint density at radius 1 is 1.26 bits per heavy atom. The van der Waals surface area contributed by atoms with Gasteiger partial charge in [0.15, 0.2) is 0 Å². The van der Waals surface area contributed by atoms with Gasteiger partial charge in [0.05, 0.1) is 7.11 Å². The molecule has 0 aliphatic rings. The van der Waals surface area contributed by atoms with Crippen molar-refractivity contribution in [2.75, 3.05) is 12.4 Å². The number of carbonyl (C=O) groups is 1. The van der Waals surface area contributed by atoms with Gasteiger partial charge < -0.3 is 14.6 Å². The van der Waals surface area contributed by atoms with E-state index in [0.29, 0.717) is 18.8 Å². The molecule has 5 heteroatoms. The second-order valence-corrected chi connectivity index (χ2v) is 5.45. The van der Waals surface area contributed by atoms with Crippen LogP contribution >= 0.6 is 0 Å². The highest BCUT2D eigenvalue weighted by Crippen LogP contribution is 2.22. The molecule has 1 aromatic carbocycles. The molecule has 0 saturated carbocycles. The van der Waals surface area contributed by atoms with E-state index in [2.05, 4.69) is 14.9 Å². The van der Waals surface area contributed by atoms with Crippen molar-refractivity contribution in [2.24, 2.45) is 0 Å². The Morgan fingerprint density at radius 3 is 2.91 bits per heavy atom. The van der Waals surface area contributed by atoms with Crippen LogP contribution < -0.4 is 10.1 Å². The van der Waals surface area contributed by atoms with Crippen molar-refractivity contribution in [3.05, 3.63) is 54.4 Å². The molecule has 0 saturated heterocycles. The van der Waals surface area contributed by atoms with Gasteiger partial charge in [0.25, 0.3) is 0 Å².